The van der Waals surface area contributed by atoms with Gasteiger partial charge in [-0.05, 0) is 49.5 Å². The van der Waals surface area contributed by atoms with Crippen LogP contribution < -0.4 is 10.6 Å². The van der Waals surface area contributed by atoms with Gasteiger partial charge in [-0.2, -0.15) is 0 Å². The Bertz CT molecular complexity index is 341. The predicted octanol–water partition coefficient (Wildman–Crippen LogP) is 3.58. The standard InChI is InChI=1S/C18H35BN2/c1-7-12-16(18(6,10-4)13-8-2)15(9-3)17(20-11-5)21-14-19/h8-9,16,20-21H,2-3,7,10-14,19H2,1,4-6H3/b17-15+. The molecule has 0 saturated heterocycles. The Labute approximate surface area is 133 Å². The van der Waals surface area contributed by atoms with E-state index < -0.39 is 0 Å². The third-order valence-corrected chi connectivity index (χ3v) is 4.43. The predicted molar refractivity (Wildman–Crippen MR) is 99.1 cm³/mol. The third-order valence-electron chi connectivity index (χ3n) is 4.43. The van der Waals surface area contributed by atoms with Gasteiger partial charge in [0.15, 0.2) is 0 Å². The summed E-state index contributed by atoms with van der Waals surface area (Å²) in [5, 5.41) is 6.97. The van der Waals surface area contributed by atoms with Gasteiger partial charge < -0.3 is 10.6 Å². The molecule has 0 saturated carbocycles. The normalized spacial score (nSPS) is 16.4. The van der Waals surface area contributed by atoms with Crippen LogP contribution in [0, 0.1) is 11.3 Å². The summed E-state index contributed by atoms with van der Waals surface area (Å²) in [7, 11) is 2.13. The summed E-state index contributed by atoms with van der Waals surface area (Å²) in [6.45, 7) is 18.0. The van der Waals surface area contributed by atoms with Crippen LogP contribution in [0.1, 0.15) is 53.4 Å². The lowest BCUT2D eigenvalue weighted by molar-refractivity contribution is 0.199. The minimum atomic E-state index is 0.234. The van der Waals surface area contributed by atoms with Crippen molar-refractivity contribution in [3.63, 3.8) is 0 Å². The van der Waals surface area contributed by atoms with Gasteiger partial charge in [-0.3, -0.25) is 0 Å². The van der Waals surface area contributed by atoms with Crippen LogP contribution >= 0.6 is 0 Å². The maximum atomic E-state index is 4.09. The Kier molecular flexibility index (Phi) is 10.0. The Balaban J connectivity index is 5.78. The van der Waals surface area contributed by atoms with E-state index in [1.165, 1.54) is 18.4 Å². The second-order valence-electron chi connectivity index (χ2n) is 5.94. The van der Waals surface area contributed by atoms with Crippen molar-refractivity contribution in [1.29, 1.82) is 0 Å². The van der Waals surface area contributed by atoms with E-state index in [1.54, 1.807) is 0 Å². The monoisotopic (exact) mass is 290 g/mol. The number of hydrogen-bond donors (Lipinski definition) is 2. The van der Waals surface area contributed by atoms with Gasteiger partial charge in [0.05, 0.1) is 0 Å². The molecule has 0 aromatic rings. The lowest BCUT2D eigenvalue weighted by Gasteiger charge is -2.38. The molecule has 21 heavy (non-hydrogen) atoms. The molecule has 0 spiro atoms. The maximum absolute atomic E-state index is 4.09. The minimum absolute atomic E-state index is 0.234. The quantitative estimate of drug-likeness (QED) is 0.326. The third kappa shape index (κ3) is 5.64. The number of nitrogens with one attached hydrogen (secondary N) is 2. The van der Waals surface area contributed by atoms with Crippen LogP contribution in [0.25, 0.3) is 0 Å². The molecule has 2 unspecified atom stereocenters. The zero-order valence-corrected chi connectivity index (χ0v) is 14.9. The zero-order chi connectivity index (χ0) is 16.3. The van der Waals surface area contributed by atoms with Crippen LogP contribution in [-0.4, -0.2) is 20.8 Å². The van der Waals surface area contributed by atoms with Crippen LogP contribution in [0.4, 0.5) is 0 Å². The van der Waals surface area contributed by atoms with Crippen molar-refractivity contribution < 1.29 is 0 Å². The van der Waals surface area contributed by atoms with Crippen LogP contribution in [-0.2, 0) is 0 Å². The van der Waals surface area contributed by atoms with Crippen molar-refractivity contribution in [2.45, 2.75) is 53.4 Å². The fraction of sp³-hybridized carbons (Fsp3) is 0.667. The van der Waals surface area contributed by atoms with Crippen LogP contribution in [0.3, 0.4) is 0 Å². The first-order chi connectivity index (χ1) is 10.0. The molecule has 0 amide bonds. The van der Waals surface area contributed by atoms with Crippen molar-refractivity contribution >= 4 is 7.85 Å². The molecular weight excluding hydrogens is 255 g/mol. The van der Waals surface area contributed by atoms with Gasteiger partial charge in [-0.25, -0.2) is 0 Å². The van der Waals surface area contributed by atoms with E-state index in [0.29, 0.717) is 5.92 Å². The molecule has 0 heterocycles. The highest BCUT2D eigenvalue weighted by Gasteiger charge is 2.33. The topological polar surface area (TPSA) is 24.1 Å². The van der Waals surface area contributed by atoms with Crippen LogP contribution in [0.2, 0.25) is 0 Å². The van der Waals surface area contributed by atoms with E-state index >= 15 is 0 Å². The molecule has 0 aliphatic carbocycles. The van der Waals surface area contributed by atoms with Crippen molar-refractivity contribution in [2.75, 3.05) is 13.0 Å². The molecule has 0 radical (unpaired) electrons. The molecule has 0 fully saturated rings. The first-order valence-electron chi connectivity index (χ1n) is 8.49. The molecule has 2 nitrogen and oxygen atoms in total. The molecule has 2 atom stereocenters. The van der Waals surface area contributed by atoms with E-state index in [-0.39, 0.29) is 5.41 Å². The maximum Gasteiger partial charge on any atom is 0.126 e. The summed E-state index contributed by atoms with van der Waals surface area (Å²) in [5.74, 6) is 1.65. The minimum Gasteiger partial charge on any atom is -0.380 e. The first-order valence-corrected chi connectivity index (χ1v) is 8.49. The molecule has 0 aromatic carbocycles. The summed E-state index contributed by atoms with van der Waals surface area (Å²) in [5.41, 5.74) is 1.56. The number of rotatable bonds is 12. The summed E-state index contributed by atoms with van der Waals surface area (Å²) in [6, 6.07) is 0. The van der Waals surface area contributed by atoms with E-state index in [1.807, 2.05) is 6.08 Å². The Morgan fingerprint density at radius 2 is 1.90 bits per heavy atom. The van der Waals surface area contributed by atoms with E-state index in [0.717, 1.165) is 31.7 Å². The molecule has 2 N–H and O–H groups in total. The molecule has 0 aliphatic heterocycles. The highest BCUT2D eigenvalue weighted by Crippen LogP contribution is 2.43. The summed E-state index contributed by atoms with van der Waals surface area (Å²) < 4.78 is 0. The van der Waals surface area contributed by atoms with E-state index in [2.05, 4.69) is 65.4 Å². The Hall–Kier alpha value is -1.12. The first kappa shape index (κ1) is 19.9. The van der Waals surface area contributed by atoms with Crippen molar-refractivity contribution in [1.82, 2.24) is 10.6 Å². The molecule has 0 bridgehead atoms. The van der Waals surface area contributed by atoms with E-state index in [9.17, 15) is 0 Å². The summed E-state index contributed by atoms with van der Waals surface area (Å²) >= 11 is 0. The fourth-order valence-electron chi connectivity index (χ4n) is 3.07. The second kappa shape index (κ2) is 10.6. The molecule has 0 aromatic heterocycles. The van der Waals surface area contributed by atoms with Crippen LogP contribution in [0.15, 0.2) is 36.7 Å². The molecule has 120 valence electrons. The van der Waals surface area contributed by atoms with E-state index in [4.69, 9.17) is 0 Å². The number of hydrogen-bond acceptors (Lipinski definition) is 2. The summed E-state index contributed by atoms with van der Waals surface area (Å²) in [6.07, 6.45) is 9.57. The average Bonchev–Trinajstić information content (AvgIpc) is 2.47. The molecule has 0 rings (SSSR count). The molecule has 0 aliphatic rings. The molecular formula is C18H35BN2. The van der Waals surface area contributed by atoms with Gasteiger partial charge >= 0.3 is 0 Å². The number of allylic oxidation sites excluding steroid dienone is 3. The Morgan fingerprint density at radius 3 is 2.29 bits per heavy atom. The van der Waals surface area contributed by atoms with Crippen molar-refractivity contribution in [3.8, 4) is 0 Å². The van der Waals surface area contributed by atoms with Crippen molar-refractivity contribution in [3.05, 3.63) is 36.7 Å². The lowest BCUT2D eigenvalue weighted by atomic mass is 9.67. The summed E-state index contributed by atoms with van der Waals surface area (Å²) in [4.78, 5) is 0. The van der Waals surface area contributed by atoms with Gasteiger partial charge in [-0.15, -0.1) is 6.58 Å². The fourth-order valence-corrected chi connectivity index (χ4v) is 3.07. The van der Waals surface area contributed by atoms with Gasteiger partial charge in [0, 0.05) is 6.54 Å². The van der Waals surface area contributed by atoms with Crippen LogP contribution in [0.5, 0.6) is 0 Å². The van der Waals surface area contributed by atoms with Gasteiger partial charge in [0.1, 0.15) is 13.7 Å². The second-order valence-corrected chi connectivity index (χ2v) is 5.94. The largest absolute Gasteiger partial charge is 0.380 e. The van der Waals surface area contributed by atoms with Gasteiger partial charge in [0.2, 0.25) is 0 Å². The van der Waals surface area contributed by atoms with Crippen molar-refractivity contribution in [2.24, 2.45) is 11.3 Å². The van der Waals surface area contributed by atoms with Gasteiger partial charge in [0.25, 0.3) is 0 Å². The highest BCUT2D eigenvalue weighted by atomic mass is 15.1. The Morgan fingerprint density at radius 1 is 1.24 bits per heavy atom. The lowest BCUT2D eigenvalue weighted by Crippen LogP contribution is -2.34. The van der Waals surface area contributed by atoms with Gasteiger partial charge in [-0.1, -0.05) is 45.9 Å². The molecule has 3 heteroatoms. The smallest absolute Gasteiger partial charge is 0.126 e. The average molecular weight is 290 g/mol. The highest BCUT2D eigenvalue weighted by molar-refractivity contribution is 6.08. The SMILES string of the molecule is BCN/C(NCC)=C(\C=C)C(CCC)C(C)(CC)CC=C. The zero-order valence-electron chi connectivity index (χ0n) is 14.9.